The number of rotatable bonds is 4. The molecule has 6 heteroatoms. The third-order valence-corrected chi connectivity index (χ3v) is 3.10. The van der Waals surface area contributed by atoms with Gasteiger partial charge in [-0.05, 0) is 32.2 Å². The Balaban J connectivity index is 2.40. The number of amides is 3. The van der Waals surface area contributed by atoms with Crippen LogP contribution in [0.4, 0.5) is 4.79 Å². The molecule has 3 unspecified atom stereocenters. The largest absolute Gasteiger partial charge is 0.365 e. The summed E-state index contributed by atoms with van der Waals surface area (Å²) in [6, 6.07) is -0.521. The zero-order chi connectivity index (χ0) is 12.8. The zero-order valence-corrected chi connectivity index (χ0v) is 10.4. The Morgan fingerprint density at radius 3 is 2.76 bits per heavy atom. The van der Waals surface area contributed by atoms with Crippen molar-refractivity contribution in [2.45, 2.75) is 38.4 Å². The third-order valence-electron chi connectivity index (χ3n) is 3.10. The lowest BCUT2D eigenvalue weighted by atomic mass is 10.1. The number of nitrogens with two attached hydrogens (primary N) is 1. The molecule has 1 fully saturated rings. The normalized spacial score (nSPS) is 25.4. The highest BCUT2D eigenvalue weighted by Gasteiger charge is 2.30. The van der Waals surface area contributed by atoms with Crippen molar-refractivity contribution in [2.24, 2.45) is 11.7 Å². The van der Waals surface area contributed by atoms with Gasteiger partial charge in [0.1, 0.15) is 6.10 Å². The van der Waals surface area contributed by atoms with E-state index in [1.807, 2.05) is 0 Å². The number of nitrogens with one attached hydrogen (secondary N) is 2. The first-order chi connectivity index (χ1) is 8.08. The summed E-state index contributed by atoms with van der Waals surface area (Å²) in [4.78, 5) is 22.5. The second-order valence-electron chi connectivity index (χ2n) is 4.31. The van der Waals surface area contributed by atoms with Gasteiger partial charge < -0.3 is 15.8 Å². The van der Waals surface area contributed by atoms with Crippen LogP contribution >= 0.6 is 0 Å². The predicted octanol–water partition coefficient (Wildman–Crippen LogP) is -0.0255. The maximum atomic E-state index is 11.6. The molecule has 0 aromatic heterocycles. The number of carbonyl (C=O) groups is 2. The molecule has 6 nitrogen and oxygen atoms in total. The Labute approximate surface area is 101 Å². The van der Waals surface area contributed by atoms with E-state index in [4.69, 9.17) is 10.5 Å². The van der Waals surface area contributed by atoms with Crippen LogP contribution in [0.25, 0.3) is 0 Å². The van der Waals surface area contributed by atoms with E-state index >= 15 is 0 Å². The van der Waals surface area contributed by atoms with Crippen LogP contribution in [0.15, 0.2) is 0 Å². The number of ether oxygens (including phenoxy) is 1. The highest BCUT2D eigenvalue weighted by Crippen LogP contribution is 2.28. The molecule has 0 heterocycles. The molecule has 0 spiro atoms. The topological polar surface area (TPSA) is 93.5 Å². The highest BCUT2D eigenvalue weighted by atomic mass is 16.5. The molecule has 0 aromatic rings. The minimum atomic E-state index is -0.635. The minimum absolute atomic E-state index is 0.0328. The molecule has 0 radical (unpaired) electrons. The van der Waals surface area contributed by atoms with Crippen LogP contribution in [-0.2, 0) is 9.53 Å². The molecule has 0 bridgehead atoms. The van der Waals surface area contributed by atoms with E-state index in [1.54, 1.807) is 6.92 Å². The standard InChI is InChI=1S/C11H21N3O3/c1-7(10(15)14-11(16)13-2)17-9-5-3-4-8(9)6-12/h7-9H,3-6,12H2,1-2H3,(H2,13,14,15,16). The summed E-state index contributed by atoms with van der Waals surface area (Å²) in [6.45, 7) is 2.22. The summed E-state index contributed by atoms with van der Waals surface area (Å²) in [6.07, 6.45) is 2.45. The molecule has 3 atom stereocenters. The van der Waals surface area contributed by atoms with Crippen LogP contribution in [0.3, 0.4) is 0 Å². The Bertz CT molecular complexity index is 283. The molecular formula is C11H21N3O3. The summed E-state index contributed by atoms with van der Waals surface area (Å²) in [5.41, 5.74) is 5.63. The van der Waals surface area contributed by atoms with E-state index in [2.05, 4.69) is 10.6 Å². The maximum Gasteiger partial charge on any atom is 0.321 e. The van der Waals surface area contributed by atoms with Crippen molar-refractivity contribution in [1.29, 1.82) is 0 Å². The molecule has 1 saturated carbocycles. The molecule has 1 rings (SSSR count). The van der Waals surface area contributed by atoms with Crippen LogP contribution < -0.4 is 16.4 Å². The summed E-state index contributed by atoms with van der Waals surface area (Å²) >= 11 is 0. The van der Waals surface area contributed by atoms with Gasteiger partial charge in [-0.1, -0.05) is 6.42 Å². The van der Waals surface area contributed by atoms with E-state index < -0.39 is 18.0 Å². The van der Waals surface area contributed by atoms with Gasteiger partial charge >= 0.3 is 6.03 Å². The summed E-state index contributed by atoms with van der Waals surface area (Å²) in [5, 5.41) is 4.51. The van der Waals surface area contributed by atoms with Crippen molar-refractivity contribution in [3.05, 3.63) is 0 Å². The maximum absolute atomic E-state index is 11.6. The van der Waals surface area contributed by atoms with E-state index in [9.17, 15) is 9.59 Å². The van der Waals surface area contributed by atoms with Crippen LogP contribution in [0.2, 0.25) is 0 Å². The second-order valence-corrected chi connectivity index (χ2v) is 4.31. The molecular weight excluding hydrogens is 222 g/mol. The van der Waals surface area contributed by atoms with Gasteiger partial charge in [-0.3, -0.25) is 10.1 Å². The van der Waals surface area contributed by atoms with Crippen molar-refractivity contribution >= 4 is 11.9 Å². The van der Waals surface area contributed by atoms with Crippen molar-refractivity contribution < 1.29 is 14.3 Å². The lowest BCUT2D eigenvalue weighted by Crippen LogP contribution is -2.44. The first-order valence-electron chi connectivity index (χ1n) is 5.96. The van der Waals surface area contributed by atoms with Gasteiger partial charge in [0.25, 0.3) is 5.91 Å². The Morgan fingerprint density at radius 2 is 2.18 bits per heavy atom. The van der Waals surface area contributed by atoms with Crippen LogP contribution in [0.5, 0.6) is 0 Å². The number of urea groups is 1. The van der Waals surface area contributed by atoms with Gasteiger partial charge in [-0.15, -0.1) is 0 Å². The molecule has 1 aliphatic carbocycles. The summed E-state index contributed by atoms with van der Waals surface area (Å²) < 4.78 is 5.65. The van der Waals surface area contributed by atoms with Crippen molar-refractivity contribution in [2.75, 3.05) is 13.6 Å². The number of imide groups is 1. The van der Waals surface area contributed by atoms with Crippen molar-refractivity contribution in [3.63, 3.8) is 0 Å². The fourth-order valence-corrected chi connectivity index (χ4v) is 2.05. The van der Waals surface area contributed by atoms with E-state index in [0.717, 1.165) is 19.3 Å². The van der Waals surface area contributed by atoms with Crippen LogP contribution in [-0.4, -0.2) is 37.7 Å². The molecule has 4 N–H and O–H groups in total. The number of carbonyl (C=O) groups excluding carboxylic acids is 2. The van der Waals surface area contributed by atoms with E-state index in [-0.39, 0.29) is 6.10 Å². The summed E-state index contributed by atoms with van der Waals surface area (Å²) in [5.74, 6) is -0.0997. The molecule has 3 amide bonds. The monoisotopic (exact) mass is 243 g/mol. The zero-order valence-electron chi connectivity index (χ0n) is 10.4. The minimum Gasteiger partial charge on any atom is -0.365 e. The van der Waals surface area contributed by atoms with Gasteiger partial charge in [0.15, 0.2) is 0 Å². The van der Waals surface area contributed by atoms with Gasteiger partial charge in [0, 0.05) is 7.05 Å². The van der Waals surface area contributed by atoms with E-state index in [1.165, 1.54) is 7.05 Å². The fraction of sp³-hybridized carbons (Fsp3) is 0.818. The SMILES string of the molecule is CNC(=O)NC(=O)C(C)OC1CCCC1CN. The quantitative estimate of drug-likeness (QED) is 0.646. The number of hydrogen-bond donors (Lipinski definition) is 3. The lowest BCUT2D eigenvalue weighted by molar-refractivity contribution is -0.135. The summed E-state index contributed by atoms with van der Waals surface area (Å²) in [7, 11) is 1.45. The number of hydrogen-bond acceptors (Lipinski definition) is 4. The van der Waals surface area contributed by atoms with E-state index in [0.29, 0.717) is 12.5 Å². The molecule has 1 aliphatic rings. The van der Waals surface area contributed by atoms with Crippen molar-refractivity contribution in [3.8, 4) is 0 Å². The first kappa shape index (κ1) is 13.9. The van der Waals surface area contributed by atoms with Gasteiger partial charge in [-0.25, -0.2) is 4.79 Å². The molecule has 0 saturated heterocycles. The van der Waals surface area contributed by atoms with Crippen LogP contribution in [0, 0.1) is 5.92 Å². The van der Waals surface area contributed by atoms with Gasteiger partial charge in [0.2, 0.25) is 0 Å². The molecule has 98 valence electrons. The highest BCUT2D eigenvalue weighted by molar-refractivity contribution is 5.96. The molecule has 0 aliphatic heterocycles. The fourth-order valence-electron chi connectivity index (χ4n) is 2.05. The average molecular weight is 243 g/mol. The molecule has 17 heavy (non-hydrogen) atoms. The Hall–Kier alpha value is -1.14. The van der Waals surface area contributed by atoms with Gasteiger partial charge in [0.05, 0.1) is 6.10 Å². The molecule has 0 aromatic carbocycles. The first-order valence-corrected chi connectivity index (χ1v) is 5.96. The van der Waals surface area contributed by atoms with Gasteiger partial charge in [-0.2, -0.15) is 0 Å². The predicted molar refractivity (Wildman–Crippen MR) is 63.3 cm³/mol. The van der Waals surface area contributed by atoms with Crippen molar-refractivity contribution in [1.82, 2.24) is 10.6 Å². The Morgan fingerprint density at radius 1 is 1.47 bits per heavy atom. The lowest BCUT2D eigenvalue weighted by Gasteiger charge is -2.22. The second kappa shape index (κ2) is 6.56. The van der Waals surface area contributed by atoms with Crippen LogP contribution in [0.1, 0.15) is 26.2 Å². The average Bonchev–Trinajstić information content (AvgIpc) is 2.75. The third kappa shape index (κ3) is 3.98. The smallest absolute Gasteiger partial charge is 0.321 e. The Kier molecular flexibility index (Phi) is 5.37.